The fourth-order valence-corrected chi connectivity index (χ4v) is 7.70. The van der Waals surface area contributed by atoms with E-state index in [0.717, 1.165) is 98.9 Å². The smallest absolute Gasteiger partial charge is 0.131 e. The van der Waals surface area contributed by atoms with Gasteiger partial charge >= 0.3 is 0 Å². The molecule has 4 saturated heterocycles. The number of nitrogens with two attached hydrogens (primary N) is 3. The second-order valence-electron chi connectivity index (χ2n) is 15.4. The van der Waals surface area contributed by atoms with E-state index in [1.165, 1.54) is 0 Å². The number of nitrogens with zero attached hydrogens (tertiary/aromatic N) is 6. The molecule has 18 heteroatoms. The molecule has 3 atom stereocenters. The summed E-state index contributed by atoms with van der Waals surface area (Å²) in [6, 6.07) is 6.04. The van der Waals surface area contributed by atoms with E-state index in [9.17, 15) is 0 Å². The third-order valence-corrected chi connectivity index (χ3v) is 11.1. The summed E-state index contributed by atoms with van der Waals surface area (Å²) in [4.78, 5) is 21.2. The molecule has 59 heavy (non-hydrogen) atoms. The molecule has 0 radical (unpaired) electrons. The van der Waals surface area contributed by atoms with E-state index in [0.29, 0.717) is 102 Å². The molecule has 3 unspecified atom stereocenters. The second-order valence-corrected chi connectivity index (χ2v) is 15.4. The Morgan fingerprint density at radius 1 is 0.695 bits per heavy atom. The number of hydrogen-bond donors (Lipinski definition) is 6. The first-order valence-corrected chi connectivity index (χ1v) is 21.2. The van der Waals surface area contributed by atoms with E-state index in [1.54, 1.807) is 6.20 Å². The highest BCUT2D eigenvalue weighted by molar-refractivity contribution is 5.74. The predicted molar refractivity (Wildman–Crippen MR) is 233 cm³/mol. The Kier molecular flexibility index (Phi) is 15.2. The van der Waals surface area contributed by atoms with E-state index >= 15 is 0 Å². The van der Waals surface area contributed by atoms with Crippen LogP contribution in [0.15, 0.2) is 24.4 Å². The van der Waals surface area contributed by atoms with Crippen LogP contribution in [0.1, 0.15) is 44.2 Å². The normalized spacial score (nSPS) is 19.8. The molecule has 7 rings (SSSR count). The number of anilines is 9. The summed E-state index contributed by atoms with van der Waals surface area (Å²) < 4.78 is 35.2. The van der Waals surface area contributed by atoms with E-state index in [4.69, 9.17) is 55.6 Å². The van der Waals surface area contributed by atoms with Gasteiger partial charge in [-0.3, -0.25) is 0 Å². The van der Waals surface area contributed by atoms with Crippen LogP contribution in [0.4, 0.5) is 51.6 Å². The molecule has 9 N–H and O–H groups in total. The number of hydrogen-bond acceptors (Lipinski definition) is 18. The molecule has 0 spiro atoms. The zero-order chi connectivity index (χ0) is 41.0. The lowest BCUT2D eigenvalue weighted by Crippen LogP contribution is -2.37. The fourth-order valence-electron chi connectivity index (χ4n) is 7.70. The summed E-state index contributed by atoms with van der Waals surface area (Å²) in [5.41, 5.74) is 25.6. The molecule has 0 saturated carbocycles. The maximum Gasteiger partial charge on any atom is 0.131 e. The third kappa shape index (κ3) is 11.6. The van der Waals surface area contributed by atoms with Crippen molar-refractivity contribution >= 4 is 51.6 Å². The highest BCUT2D eigenvalue weighted by Gasteiger charge is 2.24. The standard InChI is InChI=1S/C41H64N12O6/c1-28(57-14-5-45-32-23-36(48-27-31(32)42)51-7-16-54-17-8-51)22-35-39(43)33(24-37(49-35)52-9-18-55-19-10-52)46-6-15-58-29(2)41-40(44)34(47-26-30-4-3-13-59-30)25-38(50-41)53-11-20-56-21-12-53/h23-25,27-30H,3-22,26,42-44H2,1-2H3,(H,45,48)(H,46,49)(H,47,50). The molecule has 3 aromatic heterocycles. The number of nitrogen functional groups attached to an aromatic ring is 3. The van der Waals surface area contributed by atoms with Crippen LogP contribution in [0, 0.1) is 0 Å². The first-order valence-electron chi connectivity index (χ1n) is 21.2. The van der Waals surface area contributed by atoms with Gasteiger partial charge in [0.2, 0.25) is 0 Å². The Morgan fingerprint density at radius 2 is 1.25 bits per heavy atom. The van der Waals surface area contributed by atoms with Crippen LogP contribution in [-0.4, -0.2) is 146 Å². The topological polar surface area (TPSA) is 218 Å². The number of morpholine rings is 3. The zero-order valence-electron chi connectivity index (χ0n) is 34.8. The Balaban J connectivity index is 0.957. The predicted octanol–water partition coefficient (Wildman–Crippen LogP) is 2.97. The molecule has 0 aliphatic carbocycles. The Labute approximate surface area is 347 Å². The fraction of sp³-hybridized carbons (Fsp3) is 0.634. The lowest BCUT2D eigenvalue weighted by Gasteiger charge is -2.30. The van der Waals surface area contributed by atoms with Crippen LogP contribution in [0.25, 0.3) is 0 Å². The number of nitrogens with one attached hydrogen (secondary N) is 3. The molecule has 4 aliphatic rings. The highest BCUT2D eigenvalue weighted by Crippen LogP contribution is 2.34. The third-order valence-electron chi connectivity index (χ3n) is 11.1. The summed E-state index contributed by atoms with van der Waals surface area (Å²) >= 11 is 0. The van der Waals surface area contributed by atoms with Gasteiger partial charge in [0.05, 0.1) is 123 Å². The minimum absolute atomic E-state index is 0.140. The molecule has 0 bridgehead atoms. The summed E-state index contributed by atoms with van der Waals surface area (Å²) in [5.74, 6) is 2.60. The first kappa shape index (κ1) is 42.5. The number of pyridine rings is 3. The van der Waals surface area contributed by atoms with Crippen molar-refractivity contribution in [2.45, 2.75) is 51.4 Å². The van der Waals surface area contributed by atoms with Crippen LogP contribution in [0.2, 0.25) is 0 Å². The molecule has 3 aromatic rings. The van der Waals surface area contributed by atoms with Crippen LogP contribution in [0.3, 0.4) is 0 Å². The molecule has 0 amide bonds. The first-order chi connectivity index (χ1) is 28.8. The summed E-state index contributed by atoms with van der Waals surface area (Å²) in [5, 5.41) is 10.5. The maximum atomic E-state index is 6.82. The van der Waals surface area contributed by atoms with Crippen molar-refractivity contribution in [2.24, 2.45) is 0 Å². The zero-order valence-corrected chi connectivity index (χ0v) is 34.8. The van der Waals surface area contributed by atoms with Gasteiger partial charge in [0, 0.05) is 90.1 Å². The average Bonchev–Trinajstić information content (AvgIpc) is 3.80. The second kappa shape index (κ2) is 21.1. The van der Waals surface area contributed by atoms with Gasteiger partial charge in [-0.25, -0.2) is 15.0 Å². The SMILES string of the molecule is CC(Cc1nc(N2CCOCC2)cc(NCCOC(C)c2nc(N3CCOCC3)cc(NCC3CCCO3)c2N)c1N)OCCNc1cc(N2CCOCC2)ncc1N. The molecular formula is C41H64N12O6. The quantitative estimate of drug-likeness (QED) is 0.0958. The van der Waals surface area contributed by atoms with Crippen molar-refractivity contribution in [1.29, 1.82) is 0 Å². The van der Waals surface area contributed by atoms with Gasteiger partial charge in [-0.15, -0.1) is 0 Å². The van der Waals surface area contributed by atoms with Gasteiger partial charge in [0.15, 0.2) is 0 Å². The molecule has 0 aromatic carbocycles. The van der Waals surface area contributed by atoms with Crippen LogP contribution in [0.5, 0.6) is 0 Å². The van der Waals surface area contributed by atoms with Gasteiger partial charge in [0.25, 0.3) is 0 Å². The van der Waals surface area contributed by atoms with E-state index in [2.05, 4.69) is 35.6 Å². The summed E-state index contributed by atoms with van der Waals surface area (Å²) in [6.07, 6.45) is 4.04. The van der Waals surface area contributed by atoms with E-state index in [-0.39, 0.29) is 18.3 Å². The number of ether oxygens (including phenoxy) is 6. The lowest BCUT2D eigenvalue weighted by atomic mass is 10.1. The van der Waals surface area contributed by atoms with Crippen LogP contribution < -0.4 is 47.9 Å². The van der Waals surface area contributed by atoms with Crippen molar-refractivity contribution in [3.8, 4) is 0 Å². The molecule has 4 fully saturated rings. The lowest BCUT2D eigenvalue weighted by molar-refractivity contribution is 0.0711. The molecule has 4 aliphatic heterocycles. The Morgan fingerprint density at radius 3 is 1.88 bits per heavy atom. The van der Waals surface area contributed by atoms with Gasteiger partial charge in [-0.05, 0) is 26.7 Å². The van der Waals surface area contributed by atoms with Crippen molar-refractivity contribution in [1.82, 2.24) is 15.0 Å². The molecular weight excluding hydrogens is 757 g/mol. The molecule has 18 nitrogen and oxygen atoms in total. The summed E-state index contributed by atoms with van der Waals surface area (Å²) in [6.45, 7) is 16.1. The Bertz CT molecular complexity index is 1780. The largest absolute Gasteiger partial charge is 0.396 e. The van der Waals surface area contributed by atoms with E-state index < -0.39 is 0 Å². The van der Waals surface area contributed by atoms with Crippen molar-refractivity contribution < 1.29 is 28.4 Å². The van der Waals surface area contributed by atoms with Crippen molar-refractivity contribution in [3.05, 3.63) is 35.8 Å². The number of rotatable bonds is 19. The van der Waals surface area contributed by atoms with Crippen molar-refractivity contribution in [2.75, 3.05) is 166 Å². The van der Waals surface area contributed by atoms with Crippen molar-refractivity contribution in [3.63, 3.8) is 0 Å². The maximum absolute atomic E-state index is 6.82. The monoisotopic (exact) mass is 821 g/mol. The van der Waals surface area contributed by atoms with Gasteiger partial charge in [-0.2, -0.15) is 0 Å². The van der Waals surface area contributed by atoms with E-state index in [1.807, 2.05) is 32.0 Å². The van der Waals surface area contributed by atoms with Gasteiger partial charge in [-0.1, -0.05) is 0 Å². The van der Waals surface area contributed by atoms with Gasteiger partial charge in [0.1, 0.15) is 17.5 Å². The minimum atomic E-state index is -0.357. The minimum Gasteiger partial charge on any atom is -0.396 e. The average molecular weight is 821 g/mol. The van der Waals surface area contributed by atoms with Crippen LogP contribution in [-0.2, 0) is 34.8 Å². The van der Waals surface area contributed by atoms with Crippen LogP contribution >= 0.6 is 0 Å². The molecule has 7 heterocycles. The Hall–Kier alpha value is -4.59. The van der Waals surface area contributed by atoms with Gasteiger partial charge < -0.3 is 76.3 Å². The summed E-state index contributed by atoms with van der Waals surface area (Å²) in [7, 11) is 0. The highest BCUT2D eigenvalue weighted by atomic mass is 16.5. The number of aromatic nitrogens is 3. The molecule has 324 valence electrons.